The van der Waals surface area contributed by atoms with Gasteiger partial charge in [0.25, 0.3) is 0 Å². The molecule has 0 heterocycles. The molecule has 0 aliphatic heterocycles. The second-order valence-electron chi connectivity index (χ2n) is 6.29. The predicted octanol–water partition coefficient (Wildman–Crippen LogP) is 1.39. The summed E-state index contributed by atoms with van der Waals surface area (Å²) in [6.45, 7) is 4.46. The third kappa shape index (κ3) is 6.93. The van der Waals surface area contributed by atoms with Crippen LogP contribution in [-0.4, -0.2) is 50.4 Å². The first kappa shape index (κ1) is 18.0. The summed E-state index contributed by atoms with van der Waals surface area (Å²) in [5.41, 5.74) is 0. The second kappa shape index (κ2) is 9.77. The van der Waals surface area contributed by atoms with E-state index in [0.717, 1.165) is 51.6 Å². The molecular formula is C16H31N3O2. The summed E-state index contributed by atoms with van der Waals surface area (Å²) < 4.78 is 0. The van der Waals surface area contributed by atoms with Crippen molar-refractivity contribution in [1.82, 2.24) is 15.5 Å². The van der Waals surface area contributed by atoms with Gasteiger partial charge in [-0.2, -0.15) is 0 Å². The normalized spacial score (nSPS) is 22.1. The van der Waals surface area contributed by atoms with E-state index in [-0.39, 0.29) is 23.7 Å². The molecule has 5 heteroatoms. The first-order valence-corrected chi connectivity index (χ1v) is 8.24. The lowest BCUT2D eigenvalue weighted by Crippen LogP contribution is -2.39. The van der Waals surface area contributed by atoms with Gasteiger partial charge in [0.1, 0.15) is 0 Å². The monoisotopic (exact) mass is 297 g/mol. The lowest BCUT2D eigenvalue weighted by Gasteiger charge is -2.27. The molecule has 1 aliphatic carbocycles. The minimum Gasteiger partial charge on any atom is -0.356 e. The maximum Gasteiger partial charge on any atom is 0.223 e. The van der Waals surface area contributed by atoms with Crippen LogP contribution < -0.4 is 10.6 Å². The first-order chi connectivity index (χ1) is 10.0. The van der Waals surface area contributed by atoms with Gasteiger partial charge >= 0.3 is 0 Å². The molecule has 0 saturated heterocycles. The average molecular weight is 297 g/mol. The highest BCUT2D eigenvalue weighted by atomic mass is 16.2. The van der Waals surface area contributed by atoms with Crippen molar-refractivity contribution in [2.45, 2.75) is 45.4 Å². The van der Waals surface area contributed by atoms with Crippen molar-refractivity contribution in [3.05, 3.63) is 0 Å². The fourth-order valence-electron chi connectivity index (χ4n) is 2.70. The molecular weight excluding hydrogens is 266 g/mol. The van der Waals surface area contributed by atoms with Crippen LogP contribution in [0.5, 0.6) is 0 Å². The molecule has 1 rings (SSSR count). The Hall–Kier alpha value is -1.10. The number of rotatable bonds is 8. The smallest absolute Gasteiger partial charge is 0.223 e. The van der Waals surface area contributed by atoms with E-state index in [4.69, 9.17) is 0 Å². The minimum absolute atomic E-state index is 0.0897. The van der Waals surface area contributed by atoms with Crippen molar-refractivity contribution in [1.29, 1.82) is 0 Å². The Morgan fingerprint density at radius 2 is 1.43 bits per heavy atom. The summed E-state index contributed by atoms with van der Waals surface area (Å²) >= 11 is 0. The zero-order valence-electron chi connectivity index (χ0n) is 13.8. The zero-order chi connectivity index (χ0) is 15.7. The number of amides is 2. The van der Waals surface area contributed by atoms with Crippen LogP contribution in [0.1, 0.15) is 45.4 Å². The fourth-order valence-corrected chi connectivity index (χ4v) is 2.70. The van der Waals surface area contributed by atoms with Crippen molar-refractivity contribution in [2.24, 2.45) is 11.8 Å². The van der Waals surface area contributed by atoms with E-state index < -0.39 is 0 Å². The van der Waals surface area contributed by atoms with Crippen LogP contribution in [0.2, 0.25) is 0 Å². The second-order valence-corrected chi connectivity index (χ2v) is 6.29. The molecule has 5 nitrogen and oxygen atoms in total. The highest BCUT2D eigenvalue weighted by Gasteiger charge is 2.29. The Balaban J connectivity index is 2.21. The number of likely N-dealkylation sites (N-methyl/N-ethyl adjacent to an activating group) is 1. The number of nitrogens with zero attached hydrogens (tertiary/aromatic N) is 1. The number of hydrogen-bond donors (Lipinski definition) is 2. The maximum absolute atomic E-state index is 12.0. The van der Waals surface area contributed by atoms with Gasteiger partial charge in [0.05, 0.1) is 0 Å². The van der Waals surface area contributed by atoms with Crippen molar-refractivity contribution < 1.29 is 9.59 Å². The third-order valence-corrected chi connectivity index (χ3v) is 4.16. The average Bonchev–Trinajstić information content (AvgIpc) is 2.47. The molecule has 0 unspecified atom stereocenters. The molecule has 0 spiro atoms. The van der Waals surface area contributed by atoms with Crippen LogP contribution in [0.25, 0.3) is 0 Å². The maximum atomic E-state index is 12.0. The van der Waals surface area contributed by atoms with E-state index in [1.165, 1.54) is 0 Å². The molecule has 0 aromatic carbocycles. The van der Waals surface area contributed by atoms with E-state index in [9.17, 15) is 9.59 Å². The summed E-state index contributed by atoms with van der Waals surface area (Å²) in [5, 5.41) is 5.99. The summed E-state index contributed by atoms with van der Waals surface area (Å²) in [7, 11) is 3.99. The van der Waals surface area contributed by atoms with E-state index >= 15 is 0 Å². The molecule has 2 amide bonds. The van der Waals surface area contributed by atoms with Crippen LogP contribution in [0.15, 0.2) is 0 Å². The Labute approximate surface area is 128 Å². The zero-order valence-corrected chi connectivity index (χ0v) is 13.8. The van der Waals surface area contributed by atoms with Gasteiger partial charge in [-0.3, -0.25) is 9.59 Å². The molecule has 21 heavy (non-hydrogen) atoms. The van der Waals surface area contributed by atoms with Crippen LogP contribution in [0.4, 0.5) is 0 Å². The van der Waals surface area contributed by atoms with Crippen LogP contribution >= 0.6 is 0 Å². The third-order valence-electron chi connectivity index (χ3n) is 4.16. The van der Waals surface area contributed by atoms with Crippen LogP contribution in [0.3, 0.4) is 0 Å². The largest absolute Gasteiger partial charge is 0.356 e. The van der Waals surface area contributed by atoms with Crippen LogP contribution in [0, 0.1) is 11.8 Å². The molecule has 122 valence electrons. The number of nitrogens with one attached hydrogen (secondary N) is 2. The Kier molecular flexibility index (Phi) is 8.35. The van der Waals surface area contributed by atoms with Gasteiger partial charge in [-0.25, -0.2) is 0 Å². The van der Waals surface area contributed by atoms with Crippen molar-refractivity contribution in [3.8, 4) is 0 Å². The summed E-state index contributed by atoms with van der Waals surface area (Å²) in [4.78, 5) is 26.1. The van der Waals surface area contributed by atoms with Gasteiger partial charge in [-0.1, -0.05) is 13.3 Å². The van der Waals surface area contributed by atoms with E-state index in [2.05, 4.69) is 22.5 Å². The standard InChI is InChI=1S/C16H31N3O2/c1-4-5-10-17-15(20)13-6-8-14(9-7-13)16(21)18-11-12-19(2)3/h13-14H,4-12H2,1-3H3,(H,17,20)(H,18,21). The Bertz CT molecular complexity index is 323. The number of carbonyl (C=O) groups excluding carboxylic acids is 2. The predicted molar refractivity (Wildman–Crippen MR) is 84.9 cm³/mol. The van der Waals surface area contributed by atoms with Gasteiger partial charge in [-0.15, -0.1) is 0 Å². The summed E-state index contributed by atoms with van der Waals surface area (Å²) in [6.07, 6.45) is 5.47. The Morgan fingerprint density at radius 3 is 1.86 bits per heavy atom. The quantitative estimate of drug-likeness (QED) is 0.666. The Morgan fingerprint density at radius 1 is 0.952 bits per heavy atom. The first-order valence-electron chi connectivity index (χ1n) is 8.24. The van der Waals surface area contributed by atoms with Crippen molar-refractivity contribution in [3.63, 3.8) is 0 Å². The van der Waals surface area contributed by atoms with Crippen molar-refractivity contribution in [2.75, 3.05) is 33.7 Å². The molecule has 0 atom stereocenters. The highest BCUT2D eigenvalue weighted by Crippen LogP contribution is 2.29. The fraction of sp³-hybridized carbons (Fsp3) is 0.875. The molecule has 1 aliphatic rings. The highest BCUT2D eigenvalue weighted by molar-refractivity contribution is 5.81. The molecule has 0 aromatic heterocycles. The lowest BCUT2D eigenvalue weighted by molar-refractivity contribution is -0.130. The van der Waals surface area contributed by atoms with Gasteiger partial charge in [0.2, 0.25) is 11.8 Å². The SMILES string of the molecule is CCCCNC(=O)C1CCC(C(=O)NCCN(C)C)CC1. The van der Waals surface area contributed by atoms with Gasteiger partial charge in [-0.05, 0) is 46.2 Å². The van der Waals surface area contributed by atoms with Gasteiger partial charge < -0.3 is 15.5 Å². The van der Waals surface area contributed by atoms with Crippen molar-refractivity contribution >= 4 is 11.8 Å². The molecule has 1 fully saturated rings. The number of unbranched alkanes of at least 4 members (excludes halogenated alkanes) is 1. The molecule has 2 N–H and O–H groups in total. The topological polar surface area (TPSA) is 61.4 Å². The number of hydrogen-bond acceptors (Lipinski definition) is 3. The summed E-state index contributed by atoms with van der Waals surface area (Å²) in [6, 6.07) is 0. The van der Waals surface area contributed by atoms with Gasteiger partial charge in [0.15, 0.2) is 0 Å². The number of carbonyl (C=O) groups is 2. The minimum atomic E-state index is 0.0897. The molecule has 0 radical (unpaired) electrons. The van der Waals surface area contributed by atoms with Crippen LogP contribution in [-0.2, 0) is 9.59 Å². The molecule has 1 saturated carbocycles. The lowest BCUT2D eigenvalue weighted by atomic mass is 9.81. The van der Waals surface area contributed by atoms with Gasteiger partial charge in [0, 0.05) is 31.5 Å². The van der Waals surface area contributed by atoms with E-state index in [1.54, 1.807) is 0 Å². The van der Waals surface area contributed by atoms with E-state index in [1.807, 2.05) is 14.1 Å². The molecule has 0 bridgehead atoms. The summed E-state index contributed by atoms with van der Waals surface area (Å²) in [5.74, 6) is 0.524. The van der Waals surface area contributed by atoms with E-state index in [0.29, 0.717) is 6.54 Å². The molecule has 0 aromatic rings.